The van der Waals surface area contributed by atoms with E-state index in [0.717, 1.165) is 0 Å². The molecule has 1 heterocycles. The van der Waals surface area contributed by atoms with Gasteiger partial charge in [0.15, 0.2) is 0 Å². The first kappa shape index (κ1) is 19.5. The Bertz CT molecular complexity index is 813. The van der Waals surface area contributed by atoms with Gasteiger partial charge in [0.1, 0.15) is 6.04 Å². The van der Waals surface area contributed by atoms with E-state index in [0.29, 0.717) is 22.9 Å². The Labute approximate surface area is 167 Å². The number of hydrogen-bond donors (Lipinski definition) is 4. The molecule has 0 spiro atoms. The van der Waals surface area contributed by atoms with Crippen molar-refractivity contribution in [3.05, 3.63) is 60.2 Å². The van der Waals surface area contributed by atoms with Crippen LogP contribution < -0.4 is 21.5 Å². The van der Waals surface area contributed by atoms with Crippen molar-refractivity contribution >= 4 is 39.1 Å². The van der Waals surface area contributed by atoms with Gasteiger partial charge in [-0.3, -0.25) is 15.0 Å². The molecule has 2 aromatic carbocycles. The molecule has 2 aromatic rings. The monoisotopic (exact) mass is 430 g/mol. The molecule has 3 rings (SSSR count). The molecule has 0 radical (unpaired) electrons. The Morgan fingerprint density at radius 3 is 2.26 bits per heavy atom. The summed E-state index contributed by atoms with van der Waals surface area (Å²) in [6.07, 6.45) is 0. The second kappa shape index (κ2) is 8.65. The standard InChI is InChI=1S/C20H23BrN4O2/c1-12(2)17-16(21)18(25-24-17)20(27)23-15-10-6-9-14(11-15)22-19(26)13-7-4-3-5-8-13/h3-12,16-18,24-25H,1-2H3,(H,22,26)(H,23,27). The summed E-state index contributed by atoms with van der Waals surface area (Å²) in [7, 11) is 0. The Balaban J connectivity index is 1.64. The molecule has 1 aliphatic rings. The molecule has 3 unspecified atom stereocenters. The van der Waals surface area contributed by atoms with Crippen LogP contribution in [-0.2, 0) is 4.79 Å². The second-order valence-electron chi connectivity index (χ2n) is 6.87. The normalized spacial score (nSPS) is 21.9. The highest BCUT2D eigenvalue weighted by molar-refractivity contribution is 9.09. The fourth-order valence-corrected chi connectivity index (χ4v) is 4.10. The maximum absolute atomic E-state index is 12.6. The van der Waals surface area contributed by atoms with E-state index in [-0.39, 0.29) is 28.7 Å². The fourth-order valence-electron chi connectivity index (χ4n) is 2.98. The minimum atomic E-state index is -0.389. The van der Waals surface area contributed by atoms with Crippen LogP contribution >= 0.6 is 15.9 Å². The van der Waals surface area contributed by atoms with Crippen LogP contribution in [0.2, 0.25) is 0 Å². The molecule has 142 valence electrons. The summed E-state index contributed by atoms with van der Waals surface area (Å²) in [5.41, 5.74) is 8.04. The van der Waals surface area contributed by atoms with Gasteiger partial charge >= 0.3 is 0 Å². The third-order valence-corrected chi connectivity index (χ3v) is 5.59. The van der Waals surface area contributed by atoms with Gasteiger partial charge in [-0.2, -0.15) is 0 Å². The minimum Gasteiger partial charge on any atom is -0.325 e. The number of amides is 2. The molecule has 27 heavy (non-hydrogen) atoms. The molecule has 0 saturated carbocycles. The number of nitrogens with one attached hydrogen (secondary N) is 4. The third kappa shape index (κ3) is 4.74. The lowest BCUT2D eigenvalue weighted by molar-refractivity contribution is -0.117. The van der Waals surface area contributed by atoms with Crippen LogP contribution in [0.1, 0.15) is 24.2 Å². The number of halogens is 1. The first-order chi connectivity index (χ1) is 13.0. The van der Waals surface area contributed by atoms with E-state index in [9.17, 15) is 9.59 Å². The summed E-state index contributed by atoms with van der Waals surface area (Å²) >= 11 is 3.62. The quantitative estimate of drug-likeness (QED) is 0.549. The lowest BCUT2D eigenvalue weighted by Crippen LogP contribution is -2.42. The van der Waals surface area contributed by atoms with E-state index < -0.39 is 0 Å². The predicted molar refractivity (Wildman–Crippen MR) is 111 cm³/mol. The molecule has 3 atom stereocenters. The van der Waals surface area contributed by atoms with Crippen LogP contribution in [-0.4, -0.2) is 28.7 Å². The van der Waals surface area contributed by atoms with Gasteiger partial charge in [-0.1, -0.05) is 54.0 Å². The van der Waals surface area contributed by atoms with Gasteiger partial charge in [-0.15, -0.1) is 0 Å². The Morgan fingerprint density at radius 1 is 0.963 bits per heavy atom. The van der Waals surface area contributed by atoms with Crippen molar-refractivity contribution in [1.29, 1.82) is 0 Å². The number of hydrazine groups is 1. The van der Waals surface area contributed by atoms with E-state index in [4.69, 9.17) is 0 Å². The van der Waals surface area contributed by atoms with Gasteiger partial charge < -0.3 is 10.6 Å². The van der Waals surface area contributed by atoms with E-state index in [2.05, 4.69) is 51.3 Å². The number of alkyl halides is 1. The molecular formula is C20H23BrN4O2. The summed E-state index contributed by atoms with van der Waals surface area (Å²) in [6, 6.07) is 15.9. The average molecular weight is 431 g/mol. The Hall–Kier alpha value is -2.22. The van der Waals surface area contributed by atoms with Crippen molar-refractivity contribution < 1.29 is 9.59 Å². The summed E-state index contributed by atoms with van der Waals surface area (Å²) in [5, 5.41) is 5.75. The second-order valence-corrected chi connectivity index (χ2v) is 7.93. The molecule has 6 nitrogen and oxygen atoms in total. The lowest BCUT2D eigenvalue weighted by atomic mass is 9.99. The minimum absolute atomic E-state index is 0.0153. The molecule has 0 aromatic heterocycles. The van der Waals surface area contributed by atoms with Gasteiger partial charge in [0.25, 0.3) is 5.91 Å². The molecule has 1 aliphatic heterocycles. The fraction of sp³-hybridized carbons (Fsp3) is 0.300. The van der Waals surface area contributed by atoms with Crippen LogP contribution in [0.15, 0.2) is 54.6 Å². The van der Waals surface area contributed by atoms with Crippen LogP contribution in [0.3, 0.4) is 0 Å². The Kier molecular flexibility index (Phi) is 6.26. The van der Waals surface area contributed by atoms with Crippen molar-refractivity contribution in [3.8, 4) is 0 Å². The van der Waals surface area contributed by atoms with Crippen molar-refractivity contribution in [1.82, 2.24) is 10.9 Å². The largest absolute Gasteiger partial charge is 0.325 e. The number of rotatable bonds is 5. The molecule has 1 fully saturated rings. The van der Waals surface area contributed by atoms with Crippen molar-refractivity contribution in [2.75, 3.05) is 10.6 Å². The topological polar surface area (TPSA) is 82.3 Å². The predicted octanol–water partition coefficient (Wildman–Crippen LogP) is 3.14. The molecule has 0 bridgehead atoms. The molecular weight excluding hydrogens is 408 g/mol. The average Bonchev–Trinajstić information content (AvgIpc) is 3.04. The van der Waals surface area contributed by atoms with Crippen LogP contribution in [0.4, 0.5) is 11.4 Å². The zero-order valence-corrected chi connectivity index (χ0v) is 16.8. The van der Waals surface area contributed by atoms with Crippen molar-refractivity contribution in [2.45, 2.75) is 30.8 Å². The zero-order chi connectivity index (χ0) is 19.4. The number of carbonyl (C=O) groups is 2. The highest BCUT2D eigenvalue weighted by atomic mass is 79.9. The summed E-state index contributed by atoms with van der Waals surface area (Å²) in [5.74, 6) is 0.0521. The van der Waals surface area contributed by atoms with Crippen LogP contribution in [0.5, 0.6) is 0 Å². The highest BCUT2D eigenvalue weighted by Gasteiger charge is 2.39. The van der Waals surface area contributed by atoms with Crippen molar-refractivity contribution in [2.24, 2.45) is 5.92 Å². The SMILES string of the molecule is CC(C)C1NNC(C(=O)Nc2cccc(NC(=O)c3ccccc3)c2)C1Br. The number of carbonyl (C=O) groups excluding carboxylic acids is 2. The summed E-state index contributed by atoms with van der Waals surface area (Å²) in [4.78, 5) is 24.9. The summed E-state index contributed by atoms with van der Waals surface area (Å²) < 4.78 is 0. The first-order valence-electron chi connectivity index (χ1n) is 8.88. The zero-order valence-electron chi connectivity index (χ0n) is 15.2. The molecule has 2 amide bonds. The number of hydrogen-bond acceptors (Lipinski definition) is 4. The van der Waals surface area contributed by atoms with Gasteiger partial charge in [0.05, 0.1) is 4.83 Å². The maximum Gasteiger partial charge on any atom is 0.255 e. The maximum atomic E-state index is 12.6. The number of anilines is 2. The molecule has 7 heteroatoms. The first-order valence-corrected chi connectivity index (χ1v) is 9.79. The van der Waals surface area contributed by atoms with Gasteiger partial charge in [-0.05, 0) is 36.2 Å². The smallest absolute Gasteiger partial charge is 0.255 e. The van der Waals surface area contributed by atoms with Gasteiger partial charge in [0, 0.05) is 23.0 Å². The Morgan fingerprint density at radius 2 is 1.63 bits per heavy atom. The van der Waals surface area contributed by atoms with E-state index in [1.807, 2.05) is 18.2 Å². The third-order valence-electron chi connectivity index (χ3n) is 4.49. The summed E-state index contributed by atoms with van der Waals surface area (Å²) in [6.45, 7) is 4.21. The number of benzene rings is 2. The van der Waals surface area contributed by atoms with E-state index in [1.54, 1.807) is 36.4 Å². The molecule has 4 N–H and O–H groups in total. The molecule has 1 saturated heterocycles. The highest BCUT2D eigenvalue weighted by Crippen LogP contribution is 2.23. The lowest BCUT2D eigenvalue weighted by Gasteiger charge is -2.19. The van der Waals surface area contributed by atoms with Crippen molar-refractivity contribution in [3.63, 3.8) is 0 Å². The van der Waals surface area contributed by atoms with Crippen LogP contribution in [0.25, 0.3) is 0 Å². The van der Waals surface area contributed by atoms with E-state index in [1.165, 1.54) is 0 Å². The van der Waals surface area contributed by atoms with Crippen LogP contribution in [0, 0.1) is 5.92 Å². The molecule has 0 aliphatic carbocycles. The van der Waals surface area contributed by atoms with Gasteiger partial charge in [-0.25, -0.2) is 5.43 Å². The van der Waals surface area contributed by atoms with Gasteiger partial charge in [0.2, 0.25) is 5.91 Å². The van der Waals surface area contributed by atoms with E-state index >= 15 is 0 Å².